The second-order valence-corrected chi connectivity index (χ2v) is 6.48. The smallest absolute Gasteiger partial charge is 0.251 e. The standard InChI is InChI=1S/C19H24N2O/c1-13(2)20-19(22)15-8-10-17(11-9-15)21-14(3)12-16-6-4-5-7-18(16)21/h8-13H,4-7H2,1-3H3,(H,20,22). The van der Waals surface area contributed by atoms with Crippen LogP contribution in [0.2, 0.25) is 0 Å². The SMILES string of the molecule is Cc1cc2c(n1-c1ccc(C(=O)NC(C)C)cc1)CCCC2. The highest BCUT2D eigenvalue weighted by Crippen LogP contribution is 2.28. The average Bonchev–Trinajstić information content (AvgIpc) is 2.82. The Kier molecular flexibility index (Phi) is 4.06. The van der Waals surface area contributed by atoms with Gasteiger partial charge in [-0.2, -0.15) is 0 Å². The number of aromatic nitrogens is 1. The molecule has 1 N–H and O–H groups in total. The molecular formula is C19H24N2O. The van der Waals surface area contributed by atoms with Crippen molar-refractivity contribution >= 4 is 5.91 Å². The number of hydrogen-bond acceptors (Lipinski definition) is 1. The predicted molar refractivity (Wildman–Crippen MR) is 89.8 cm³/mol. The summed E-state index contributed by atoms with van der Waals surface area (Å²) in [6, 6.07) is 10.4. The van der Waals surface area contributed by atoms with Crippen molar-refractivity contribution in [2.24, 2.45) is 0 Å². The summed E-state index contributed by atoms with van der Waals surface area (Å²) in [7, 11) is 0. The van der Waals surface area contributed by atoms with Gasteiger partial charge in [-0.1, -0.05) is 0 Å². The Hall–Kier alpha value is -2.03. The summed E-state index contributed by atoms with van der Waals surface area (Å²) >= 11 is 0. The van der Waals surface area contributed by atoms with Gasteiger partial charge >= 0.3 is 0 Å². The Morgan fingerprint density at radius 1 is 1.14 bits per heavy atom. The molecule has 22 heavy (non-hydrogen) atoms. The second kappa shape index (κ2) is 5.99. The number of rotatable bonds is 3. The van der Waals surface area contributed by atoms with E-state index in [0.717, 1.165) is 17.7 Å². The lowest BCUT2D eigenvalue weighted by Crippen LogP contribution is -2.30. The van der Waals surface area contributed by atoms with Gasteiger partial charge in [-0.15, -0.1) is 0 Å². The van der Waals surface area contributed by atoms with E-state index in [0.29, 0.717) is 0 Å². The van der Waals surface area contributed by atoms with Crippen LogP contribution >= 0.6 is 0 Å². The normalized spacial score (nSPS) is 14.0. The molecule has 1 aromatic heterocycles. The van der Waals surface area contributed by atoms with Gasteiger partial charge in [0.1, 0.15) is 0 Å². The van der Waals surface area contributed by atoms with Gasteiger partial charge in [-0.25, -0.2) is 0 Å². The van der Waals surface area contributed by atoms with Gasteiger partial charge < -0.3 is 9.88 Å². The highest BCUT2D eigenvalue weighted by atomic mass is 16.1. The van der Waals surface area contributed by atoms with E-state index in [2.05, 4.69) is 35.0 Å². The molecule has 0 spiro atoms. The maximum atomic E-state index is 12.0. The monoisotopic (exact) mass is 296 g/mol. The summed E-state index contributed by atoms with van der Waals surface area (Å²) in [4.78, 5) is 12.0. The predicted octanol–water partition coefficient (Wildman–Crippen LogP) is 3.80. The Balaban J connectivity index is 1.90. The molecule has 1 amide bonds. The zero-order valence-electron chi connectivity index (χ0n) is 13.6. The van der Waals surface area contributed by atoms with Gasteiger partial charge in [0.2, 0.25) is 0 Å². The van der Waals surface area contributed by atoms with Crippen molar-refractivity contribution in [3.63, 3.8) is 0 Å². The number of nitrogens with zero attached hydrogens (tertiary/aromatic N) is 1. The fraction of sp³-hybridized carbons (Fsp3) is 0.421. The summed E-state index contributed by atoms with van der Waals surface area (Å²) < 4.78 is 2.35. The minimum Gasteiger partial charge on any atom is -0.350 e. The van der Waals surface area contributed by atoms with E-state index >= 15 is 0 Å². The molecule has 0 saturated heterocycles. The van der Waals surface area contributed by atoms with Crippen LogP contribution in [0.3, 0.4) is 0 Å². The Labute approximate surface area is 132 Å². The first kappa shape index (κ1) is 14.9. The first-order valence-corrected chi connectivity index (χ1v) is 8.17. The van der Waals surface area contributed by atoms with E-state index in [4.69, 9.17) is 0 Å². The molecule has 0 atom stereocenters. The average molecular weight is 296 g/mol. The number of aryl methyl sites for hydroxylation is 2. The van der Waals surface area contributed by atoms with Crippen LogP contribution in [0.1, 0.15) is 54.0 Å². The van der Waals surface area contributed by atoms with E-state index in [-0.39, 0.29) is 11.9 Å². The summed E-state index contributed by atoms with van der Waals surface area (Å²) in [5.41, 5.74) is 6.10. The number of nitrogens with one attached hydrogen (secondary N) is 1. The van der Waals surface area contributed by atoms with E-state index in [1.165, 1.54) is 36.2 Å². The third-order valence-electron chi connectivity index (χ3n) is 4.29. The van der Waals surface area contributed by atoms with Gasteiger partial charge in [0.25, 0.3) is 5.91 Å². The Bertz CT molecular complexity index is 680. The number of benzene rings is 1. The van der Waals surface area contributed by atoms with Crippen LogP contribution in [-0.2, 0) is 12.8 Å². The van der Waals surface area contributed by atoms with Crippen molar-refractivity contribution in [1.82, 2.24) is 9.88 Å². The maximum absolute atomic E-state index is 12.0. The zero-order valence-corrected chi connectivity index (χ0v) is 13.6. The fourth-order valence-electron chi connectivity index (χ4n) is 3.32. The van der Waals surface area contributed by atoms with Gasteiger partial charge in [-0.3, -0.25) is 4.79 Å². The van der Waals surface area contributed by atoms with Gasteiger partial charge in [-0.05, 0) is 82.3 Å². The molecule has 1 aliphatic rings. The third-order valence-corrected chi connectivity index (χ3v) is 4.29. The fourth-order valence-corrected chi connectivity index (χ4v) is 3.32. The molecule has 0 fully saturated rings. The summed E-state index contributed by atoms with van der Waals surface area (Å²) in [6.45, 7) is 6.11. The Morgan fingerprint density at radius 2 is 1.82 bits per heavy atom. The van der Waals surface area contributed by atoms with Crippen LogP contribution in [-0.4, -0.2) is 16.5 Å². The van der Waals surface area contributed by atoms with E-state index in [1.54, 1.807) is 0 Å². The largest absolute Gasteiger partial charge is 0.350 e. The Morgan fingerprint density at radius 3 is 2.50 bits per heavy atom. The van der Waals surface area contributed by atoms with Crippen molar-refractivity contribution in [3.05, 3.63) is 52.8 Å². The van der Waals surface area contributed by atoms with E-state index < -0.39 is 0 Å². The van der Waals surface area contributed by atoms with E-state index in [1.807, 2.05) is 26.0 Å². The number of amides is 1. The third kappa shape index (κ3) is 2.80. The molecule has 116 valence electrons. The molecule has 3 rings (SSSR count). The molecule has 0 saturated carbocycles. The lowest BCUT2D eigenvalue weighted by Gasteiger charge is -2.17. The lowest BCUT2D eigenvalue weighted by atomic mass is 9.98. The number of hydrogen-bond donors (Lipinski definition) is 1. The number of carbonyl (C=O) groups is 1. The van der Waals surface area contributed by atoms with Crippen LogP contribution in [0.15, 0.2) is 30.3 Å². The molecule has 3 nitrogen and oxygen atoms in total. The molecule has 1 heterocycles. The first-order chi connectivity index (χ1) is 10.6. The molecule has 3 heteroatoms. The van der Waals surface area contributed by atoms with Crippen molar-refractivity contribution in [3.8, 4) is 5.69 Å². The minimum absolute atomic E-state index is 0.00666. The van der Waals surface area contributed by atoms with Crippen LogP contribution in [0.25, 0.3) is 5.69 Å². The molecule has 1 aromatic carbocycles. The van der Waals surface area contributed by atoms with Gasteiger partial charge in [0.15, 0.2) is 0 Å². The maximum Gasteiger partial charge on any atom is 0.251 e. The summed E-state index contributed by atoms with van der Waals surface area (Å²) in [5.74, 6) is -0.00666. The summed E-state index contributed by atoms with van der Waals surface area (Å²) in [5, 5.41) is 2.93. The molecule has 1 aliphatic carbocycles. The van der Waals surface area contributed by atoms with Crippen molar-refractivity contribution in [2.45, 2.75) is 52.5 Å². The molecule has 0 unspecified atom stereocenters. The van der Waals surface area contributed by atoms with Crippen LogP contribution in [0, 0.1) is 6.92 Å². The molecular weight excluding hydrogens is 272 g/mol. The van der Waals surface area contributed by atoms with Crippen LogP contribution in [0.5, 0.6) is 0 Å². The topological polar surface area (TPSA) is 34.0 Å². The second-order valence-electron chi connectivity index (χ2n) is 6.48. The summed E-state index contributed by atoms with van der Waals surface area (Å²) in [6.07, 6.45) is 4.91. The first-order valence-electron chi connectivity index (χ1n) is 8.17. The van der Waals surface area contributed by atoms with Crippen molar-refractivity contribution in [2.75, 3.05) is 0 Å². The quantitative estimate of drug-likeness (QED) is 0.918. The molecule has 0 radical (unpaired) electrons. The van der Waals surface area contributed by atoms with E-state index in [9.17, 15) is 4.79 Å². The van der Waals surface area contributed by atoms with Crippen LogP contribution in [0.4, 0.5) is 0 Å². The van der Waals surface area contributed by atoms with Crippen LogP contribution < -0.4 is 5.32 Å². The zero-order chi connectivity index (χ0) is 15.7. The molecule has 2 aromatic rings. The highest BCUT2D eigenvalue weighted by Gasteiger charge is 2.17. The minimum atomic E-state index is -0.00666. The molecule has 0 bridgehead atoms. The van der Waals surface area contributed by atoms with Gasteiger partial charge in [0.05, 0.1) is 0 Å². The lowest BCUT2D eigenvalue weighted by molar-refractivity contribution is 0.0943. The van der Waals surface area contributed by atoms with Gasteiger partial charge in [0, 0.05) is 28.7 Å². The highest BCUT2D eigenvalue weighted by molar-refractivity contribution is 5.94. The number of fused-ring (bicyclic) bond motifs is 1. The van der Waals surface area contributed by atoms with Crippen molar-refractivity contribution < 1.29 is 4.79 Å². The van der Waals surface area contributed by atoms with Crippen molar-refractivity contribution in [1.29, 1.82) is 0 Å². The number of carbonyl (C=O) groups excluding carboxylic acids is 1. The molecule has 0 aliphatic heterocycles.